The van der Waals surface area contributed by atoms with Crippen molar-refractivity contribution in [2.75, 3.05) is 45.9 Å². The molecule has 7 heteroatoms. The van der Waals surface area contributed by atoms with Gasteiger partial charge >= 0.3 is 6.09 Å². The molecule has 0 radical (unpaired) electrons. The largest absolute Gasteiger partial charge is 0.431 e. The summed E-state index contributed by atoms with van der Waals surface area (Å²) >= 11 is 0. The average Bonchev–Trinajstić information content (AvgIpc) is 3.18. The first-order chi connectivity index (χ1) is 16.1. The van der Waals surface area contributed by atoms with Gasteiger partial charge in [-0.3, -0.25) is 9.69 Å². The normalized spacial score (nSPS) is 23.3. The van der Waals surface area contributed by atoms with Gasteiger partial charge in [-0.05, 0) is 25.9 Å². The molecule has 7 nitrogen and oxygen atoms in total. The van der Waals surface area contributed by atoms with Crippen molar-refractivity contribution in [1.29, 1.82) is 0 Å². The molecular weight excluding hydrogens is 418 g/mol. The highest BCUT2D eigenvalue weighted by atomic mass is 16.6. The van der Waals surface area contributed by atoms with Gasteiger partial charge in [0.1, 0.15) is 6.04 Å². The Hall–Kier alpha value is -2.90. The molecular formula is C26H31N3O4. The van der Waals surface area contributed by atoms with Crippen LogP contribution in [0.4, 0.5) is 4.79 Å². The topological polar surface area (TPSA) is 73.3 Å². The standard InChI is InChI=1S/C26H31N3O4/c30-18-17-27-13-11-20(12-14-27)24(31)28-15-16-29-23(19-28)26(33-25(29)32,21-7-3-1-4-8-21)22-9-5-2-6-10-22/h1-10,20,23,30H,11-19H2. The Morgan fingerprint density at radius 3 is 2.12 bits per heavy atom. The van der Waals surface area contributed by atoms with E-state index in [0.717, 1.165) is 37.1 Å². The zero-order valence-corrected chi connectivity index (χ0v) is 18.8. The molecule has 5 rings (SSSR count). The molecule has 174 valence electrons. The monoisotopic (exact) mass is 449 g/mol. The summed E-state index contributed by atoms with van der Waals surface area (Å²) in [6, 6.07) is 19.5. The molecule has 3 fully saturated rings. The second kappa shape index (κ2) is 9.15. The van der Waals surface area contributed by atoms with Gasteiger partial charge in [-0.25, -0.2) is 4.79 Å². The van der Waals surface area contributed by atoms with Gasteiger partial charge in [0.25, 0.3) is 0 Å². The minimum absolute atomic E-state index is 0.00707. The lowest BCUT2D eigenvalue weighted by Crippen LogP contribution is -2.59. The van der Waals surface area contributed by atoms with Crippen molar-refractivity contribution in [2.24, 2.45) is 5.92 Å². The summed E-state index contributed by atoms with van der Waals surface area (Å²) in [6.07, 6.45) is 1.29. The molecule has 0 saturated carbocycles. The highest BCUT2D eigenvalue weighted by molar-refractivity contribution is 5.80. The number of fused-ring (bicyclic) bond motifs is 1. The number of carbonyl (C=O) groups is 2. The Labute approximate surface area is 194 Å². The molecule has 1 unspecified atom stereocenters. The van der Waals surface area contributed by atoms with E-state index in [-0.39, 0.29) is 30.6 Å². The van der Waals surface area contributed by atoms with Crippen molar-refractivity contribution in [1.82, 2.24) is 14.7 Å². The molecule has 1 N–H and O–H groups in total. The fourth-order valence-corrected chi connectivity index (χ4v) is 5.66. The van der Waals surface area contributed by atoms with Gasteiger partial charge in [-0.1, -0.05) is 60.7 Å². The van der Waals surface area contributed by atoms with Gasteiger partial charge in [0, 0.05) is 43.2 Å². The summed E-state index contributed by atoms with van der Waals surface area (Å²) in [4.78, 5) is 32.5. The molecule has 3 heterocycles. The molecule has 2 amide bonds. The first kappa shape index (κ1) is 21.9. The molecule has 2 aromatic carbocycles. The number of aliphatic hydroxyl groups excluding tert-OH is 1. The Balaban J connectivity index is 1.43. The summed E-state index contributed by atoms with van der Waals surface area (Å²) in [5.41, 5.74) is 0.885. The van der Waals surface area contributed by atoms with Crippen LogP contribution in [0.1, 0.15) is 24.0 Å². The number of rotatable bonds is 5. The van der Waals surface area contributed by atoms with Crippen molar-refractivity contribution in [3.8, 4) is 0 Å². The first-order valence-electron chi connectivity index (χ1n) is 11.9. The maximum atomic E-state index is 13.5. The van der Waals surface area contributed by atoms with E-state index in [0.29, 0.717) is 26.2 Å². The van der Waals surface area contributed by atoms with Gasteiger partial charge < -0.3 is 19.6 Å². The third-order valence-electron chi connectivity index (χ3n) is 7.40. The van der Waals surface area contributed by atoms with E-state index in [2.05, 4.69) is 4.90 Å². The van der Waals surface area contributed by atoms with Gasteiger partial charge in [0.15, 0.2) is 5.60 Å². The molecule has 0 aromatic heterocycles. The van der Waals surface area contributed by atoms with Crippen LogP contribution in [-0.4, -0.2) is 83.7 Å². The Morgan fingerprint density at radius 1 is 0.939 bits per heavy atom. The predicted octanol–water partition coefficient (Wildman–Crippen LogP) is 2.30. The van der Waals surface area contributed by atoms with Crippen LogP contribution in [-0.2, 0) is 15.1 Å². The Kier molecular flexibility index (Phi) is 6.08. The number of likely N-dealkylation sites (tertiary alicyclic amines) is 1. The molecule has 3 saturated heterocycles. The van der Waals surface area contributed by atoms with E-state index < -0.39 is 5.60 Å². The lowest BCUT2D eigenvalue weighted by Gasteiger charge is -2.43. The van der Waals surface area contributed by atoms with Crippen molar-refractivity contribution >= 4 is 12.0 Å². The second-order valence-corrected chi connectivity index (χ2v) is 9.17. The molecule has 3 aliphatic rings. The third kappa shape index (κ3) is 3.89. The second-order valence-electron chi connectivity index (χ2n) is 9.17. The zero-order chi connectivity index (χ0) is 22.8. The van der Waals surface area contributed by atoms with Gasteiger partial charge in [0.2, 0.25) is 5.91 Å². The maximum absolute atomic E-state index is 13.5. The fraction of sp³-hybridized carbons (Fsp3) is 0.462. The van der Waals surface area contributed by atoms with Crippen LogP contribution in [0.25, 0.3) is 0 Å². The smallest absolute Gasteiger partial charge is 0.411 e. The van der Waals surface area contributed by atoms with E-state index in [1.54, 1.807) is 4.90 Å². The number of amides is 2. The first-order valence-corrected chi connectivity index (χ1v) is 11.9. The van der Waals surface area contributed by atoms with E-state index in [1.165, 1.54) is 0 Å². The molecule has 2 aromatic rings. The molecule has 33 heavy (non-hydrogen) atoms. The van der Waals surface area contributed by atoms with Crippen molar-refractivity contribution in [3.63, 3.8) is 0 Å². The number of nitrogens with zero attached hydrogens (tertiary/aromatic N) is 3. The van der Waals surface area contributed by atoms with Crippen LogP contribution in [0.5, 0.6) is 0 Å². The number of piperidine rings is 1. The quantitative estimate of drug-likeness (QED) is 0.758. The minimum Gasteiger partial charge on any atom is -0.431 e. The summed E-state index contributed by atoms with van der Waals surface area (Å²) in [5.74, 6) is 0.167. The molecule has 0 aliphatic carbocycles. The Bertz CT molecular complexity index is 936. The van der Waals surface area contributed by atoms with Crippen LogP contribution in [0.3, 0.4) is 0 Å². The summed E-state index contributed by atoms with van der Waals surface area (Å²) in [7, 11) is 0. The number of carbonyl (C=O) groups excluding carboxylic acids is 2. The highest BCUT2D eigenvalue weighted by Crippen LogP contribution is 2.46. The third-order valence-corrected chi connectivity index (χ3v) is 7.40. The summed E-state index contributed by atoms with van der Waals surface area (Å²) in [6.45, 7) is 3.93. The van der Waals surface area contributed by atoms with E-state index in [9.17, 15) is 14.7 Å². The minimum atomic E-state index is -0.955. The van der Waals surface area contributed by atoms with Crippen LogP contribution in [0.15, 0.2) is 60.7 Å². The van der Waals surface area contributed by atoms with Crippen LogP contribution in [0.2, 0.25) is 0 Å². The van der Waals surface area contributed by atoms with Crippen LogP contribution in [0, 0.1) is 5.92 Å². The van der Waals surface area contributed by atoms with Crippen LogP contribution < -0.4 is 0 Å². The zero-order valence-electron chi connectivity index (χ0n) is 18.8. The molecule has 1 atom stereocenters. The number of benzene rings is 2. The lowest BCUT2D eigenvalue weighted by atomic mass is 9.79. The lowest BCUT2D eigenvalue weighted by molar-refractivity contribution is -0.140. The fourth-order valence-electron chi connectivity index (χ4n) is 5.66. The van der Waals surface area contributed by atoms with Crippen molar-refractivity contribution < 1.29 is 19.4 Å². The number of piperazine rings is 1. The Morgan fingerprint density at radius 2 is 1.55 bits per heavy atom. The maximum Gasteiger partial charge on any atom is 0.411 e. The SMILES string of the molecule is O=C(C1CCN(CCO)CC1)N1CCN2C(=O)OC(c3ccccc3)(c3ccccc3)C2C1. The van der Waals surface area contributed by atoms with Gasteiger partial charge in [-0.2, -0.15) is 0 Å². The number of hydrogen-bond acceptors (Lipinski definition) is 5. The molecule has 0 bridgehead atoms. The van der Waals surface area contributed by atoms with E-state index in [1.807, 2.05) is 65.6 Å². The summed E-state index contributed by atoms with van der Waals surface area (Å²) in [5, 5.41) is 9.18. The van der Waals surface area contributed by atoms with Crippen LogP contribution >= 0.6 is 0 Å². The van der Waals surface area contributed by atoms with E-state index >= 15 is 0 Å². The van der Waals surface area contributed by atoms with Gasteiger partial charge in [0.05, 0.1) is 6.61 Å². The number of ether oxygens (including phenoxy) is 1. The van der Waals surface area contributed by atoms with Crippen molar-refractivity contribution in [2.45, 2.75) is 24.5 Å². The molecule has 0 spiro atoms. The number of aliphatic hydroxyl groups is 1. The summed E-state index contributed by atoms with van der Waals surface area (Å²) < 4.78 is 6.20. The average molecular weight is 450 g/mol. The number of hydrogen-bond donors (Lipinski definition) is 1. The van der Waals surface area contributed by atoms with Crippen molar-refractivity contribution in [3.05, 3.63) is 71.8 Å². The number of cyclic esters (lactones) is 1. The van der Waals surface area contributed by atoms with Gasteiger partial charge in [-0.15, -0.1) is 0 Å². The number of β-amino-alcohol motifs (C(OH)–C–C–N with tert-alkyl or cyclic N) is 1. The highest BCUT2D eigenvalue weighted by Gasteiger charge is 2.58. The van der Waals surface area contributed by atoms with E-state index in [4.69, 9.17) is 4.74 Å². The molecule has 3 aliphatic heterocycles. The predicted molar refractivity (Wildman–Crippen MR) is 123 cm³/mol.